The molecule has 0 aromatic carbocycles. The summed E-state index contributed by atoms with van der Waals surface area (Å²) < 4.78 is 0. The third kappa shape index (κ3) is 4.92. The van der Waals surface area contributed by atoms with Gasteiger partial charge in [-0.25, -0.2) is 4.98 Å². The van der Waals surface area contributed by atoms with Crippen molar-refractivity contribution < 1.29 is 5.11 Å². The largest absolute Gasteiger partial charge is 0.396 e. The maximum Gasteiger partial charge on any atom is 0.185 e. The molecule has 0 fully saturated rings. The van der Waals surface area contributed by atoms with E-state index < -0.39 is 0 Å². The zero-order valence-electron chi connectivity index (χ0n) is 11.6. The number of hydrogen-bond acceptors (Lipinski definition) is 5. The second kappa shape index (κ2) is 8.45. The van der Waals surface area contributed by atoms with Crippen LogP contribution in [0.3, 0.4) is 0 Å². The highest BCUT2D eigenvalue weighted by atomic mass is 32.1. The summed E-state index contributed by atoms with van der Waals surface area (Å²) in [6, 6.07) is 0. The summed E-state index contributed by atoms with van der Waals surface area (Å²) in [5.74, 6) is 0.519. The minimum atomic E-state index is 0.273. The van der Waals surface area contributed by atoms with Crippen LogP contribution in [0.2, 0.25) is 0 Å². The lowest BCUT2D eigenvalue weighted by atomic mass is 10.1. The lowest BCUT2D eigenvalue weighted by molar-refractivity contribution is 0.260. The molecule has 1 rings (SSSR count). The number of aliphatic hydroxyl groups excluding tert-OH is 1. The summed E-state index contributed by atoms with van der Waals surface area (Å²) in [5, 5.41) is 13.4. The molecule has 0 aliphatic heterocycles. The van der Waals surface area contributed by atoms with Gasteiger partial charge in [0.2, 0.25) is 0 Å². The van der Waals surface area contributed by atoms with Crippen molar-refractivity contribution in [3.8, 4) is 0 Å². The molecule has 0 aliphatic carbocycles. The Morgan fingerprint density at radius 1 is 1.44 bits per heavy atom. The topological polar surface area (TPSA) is 48.4 Å². The first-order chi connectivity index (χ1) is 8.71. The lowest BCUT2D eigenvalue weighted by Crippen LogP contribution is -2.21. The van der Waals surface area contributed by atoms with Crippen LogP contribution in [0.4, 0.5) is 5.13 Å². The molecule has 2 N–H and O–H groups in total. The Morgan fingerprint density at radius 3 is 2.78 bits per heavy atom. The number of aliphatic hydroxyl groups is 1. The summed E-state index contributed by atoms with van der Waals surface area (Å²) in [4.78, 5) is 7.99. The van der Waals surface area contributed by atoms with Gasteiger partial charge in [-0.05, 0) is 32.7 Å². The SMILES string of the molecule is CCN(CC)c1ncc(CNCC(C)CCO)s1. The van der Waals surface area contributed by atoms with Crippen molar-refractivity contribution in [2.75, 3.05) is 31.1 Å². The molecule has 1 heterocycles. The number of nitrogens with one attached hydrogen (secondary N) is 1. The molecule has 1 unspecified atom stereocenters. The summed E-state index contributed by atoms with van der Waals surface area (Å²) >= 11 is 1.76. The van der Waals surface area contributed by atoms with Gasteiger partial charge in [0.25, 0.3) is 0 Å². The number of aromatic nitrogens is 1. The van der Waals surface area contributed by atoms with Gasteiger partial charge < -0.3 is 15.3 Å². The van der Waals surface area contributed by atoms with Crippen molar-refractivity contribution in [3.63, 3.8) is 0 Å². The van der Waals surface area contributed by atoms with Crippen LogP contribution in [-0.4, -0.2) is 36.3 Å². The minimum Gasteiger partial charge on any atom is -0.396 e. The lowest BCUT2D eigenvalue weighted by Gasteiger charge is -2.16. The fraction of sp³-hybridized carbons (Fsp3) is 0.769. The second-order valence-corrected chi connectivity index (χ2v) is 5.62. The number of hydrogen-bond donors (Lipinski definition) is 2. The van der Waals surface area contributed by atoms with E-state index in [0.717, 1.165) is 37.7 Å². The molecule has 1 aromatic rings. The van der Waals surface area contributed by atoms with Crippen LogP contribution >= 0.6 is 11.3 Å². The molecule has 0 bridgehead atoms. The van der Waals surface area contributed by atoms with Gasteiger partial charge in [0, 0.05) is 37.3 Å². The van der Waals surface area contributed by atoms with Crippen LogP contribution in [-0.2, 0) is 6.54 Å². The van der Waals surface area contributed by atoms with E-state index in [1.807, 2.05) is 6.20 Å². The van der Waals surface area contributed by atoms with Gasteiger partial charge in [0.05, 0.1) is 0 Å². The molecule has 4 nitrogen and oxygen atoms in total. The van der Waals surface area contributed by atoms with Crippen LogP contribution in [0.25, 0.3) is 0 Å². The average molecular weight is 271 g/mol. The number of rotatable bonds is 9. The van der Waals surface area contributed by atoms with Gasteiger partial charge in [0.1, 0.15) is 0 Å². The molecule has 104 valence electrons. The van der Waals surface area contributed by atoms with Gasteiger partial charge in [-0.3, -0.25) is 0 Å². The molecule has 0 spiro atoms. The summed E-state index contributed by atoms with van der Waals surface area (Å²) in [5.41, 5.74) is 0. The Bertz CT molecular complexity index is 326. The predicted octanol–water partition coefficient (Wildman–Crippen LogP) is 2.10. The molecule has 0 saturated heterocycles. The van der Waals surface area contributed by atoms with Gasteiger partial charge >= 0.3 is 0 Å². The third-order valence-corrected chi connectivity index (χ3v) is 4.05. The van der Waals surface area contributed by atoms with Crippen LogP contribution in [0.1, 0.15) is 32.1 Å². The molecule has 0 radical (unpaired) electrons. The highest BCUT2D eigenvalue weighted by molar-refractivity contribution is 7.15. The molecule has 1 aromatic heterocycles. The Labute approximate surface area is 114 Å². The van der Waals surface area contributed by atoms with E-state index in [4.69, 9.17) is 5.11 Å². The number of nitrogens with zero attached hydrogens (tertiary/aromatic N) is 2. The van der Waals surface area contributed by atoms with Gasteiger partial charge in [-0.15, -0.1) is 11.3 Å². The van der Waals surface area contributed by atoms with E-state index in [1.54, 1.807) is 11.3 Å². The first kappa shape index (κ1) is 15.4. The van der Waals surface area contributed by atoms with E-state index >= 15 is 0 Å². The number of anilines is 1. The van der Waals surface area contributed by atoms with E-state index in [1.165, 1.54) is 4.88 Å². The maximum atomic E-state index is 8.83. The Kier molecular flexibility index (Phi) is 7.23. The fourth-order valence-corrected chi connectivity index (χ4v) is 2.79. The minimum absolute atomic E-state index is 0.273. The van der Waals surface area contributed by atoms with E-state index in [0.29, 0.717) is 5.92 Å². The average Bonchev–Trinajstić information content (AvgIpc) is 2.80. The van der Waals surface area contributed by atoms with E-state index in [2.05, 4.69) is 36.0 Å². The van der Waals surface area contributed by atoms with Gasteiger partial charge in [-0.2, -0.15) is 0 Å². The van der Waals surface area contributed by atoms with Crippen molar-refractivity contribution in [2.45, 2.75) is 33.7 Å². The highest BCUT2D eigenvalue weighted by Crippen LogP contribution is 2.21. The second-order valence-electron chi connectivity index (χ2n) is 4.53. The third-order valence-electron chi connectivity index (χ3n) is 2.99. The fourth-order valence-electron chi connectivity index (χ4n) is 1.78. The molecule has 0 amide bonds. The van der Waals surface area contributed by atoms with Crippen LogP contribution in [0.15, 0.2) is 6.20 Å². The van der Waals surface area contributed by atoms with E-state index in [9.17, 15) is 0 Å². The van der Waals surface area contributed by atoms with Crippen molar-refractivity contribution >= 4 is 16.5 Å². The van der Waals surface area contributed by atoms with Crippen LogP contribution < -0.4 is 10.2 Å². The van der Waals surface area contributed by atoms with Crippen molar-refractivity contribution in [1.29, 1.82) is 0 Å². The predicted molar refractivity (Wildman–Crippen MR) is 78.2 cm³/mol. The molecule has 5 heteroatoms. The van der Waals surface area contributed by atoms with Crippen LogP contribution in [0.5, 0.6) is 0 Å². The Balaban J connectivity index is 2.35. The standard InChI is InChI=1S/C13H25N3OS/c1-4-16(5-2)13-15-10-12(18-13)9-14-8-11(3)6-7-17/h10-11,14,17H,4-9H2,1-3H3. The Morgan fingerprint density at radius 2 is 2.17 bits per heavy atom. The molecular formula is C13H25N3OS. The maximum absolute atomic E-state index is 8.83. The smallest absolute Gasteiger partial charge is 0.185 e. The van der Waals surface area contributed by atoms with Crippen molar-refractivity contribution in [2.24, 2.45) is 5.92 Å². The van der Waals surface area contributed by atoms with Gasteiger partial charge in [0.15, 0.2) is 5.13 Å². The summed E-state index contributed by atoms with van der Waals surface area (Å²) in [7, 11) is 0. The summed E-state index contributed by atoms with van der Waals surface area (Å²) in [6.07, 6.45) is 2.82. The monoisotopic (exact) mass is 271 g/mol. The van der Waals surface area contributed by atoms with Crippen LogP contribution in [0, 0.1) is 5.92 Å². The normalized spacial score (nSPS) is 12.7. The number of thiazole rings is 1. The van der Waals surface area contributed by atoms with E-state index in [-0.39, 0.29) is 6.61 Å². The first-order valence-corrected chi connectivity index (χ1v) is 7.54. The molecule has 18 heavy (non-hydrogen) atoms. The van der Waals surface area contributed by atoms with Gasteiger partial charge in [-0.1, -0.05) is 6.92 Å². The quantitative estimate of drug-likeness (QED) is 0.722. The zero-order valence-corrected chi connectivity index (χ0v) is 12.5. The van der Waals surface area contributed by atoms with Crippen molar-refractivity contribution in [1.82, 2.24) is 10.3 Å². The zero-order chi connectivity index (χ0) is 13.4. The molecular weight excluding hydrogens is 246 g/mol. The molecule has 1 atom stereocenters. The summed E-state index contributed by atoms with van der Waals surface area (Å²) in [6.45, 7) is 10.5. The molecule has 0 aliphatic rings. The molecule has 0 saturated carbocycles. The Hall–Kier alpha value is -0.650. The first-order valence-electron chi connectivity index (χ1n) is 6.72. The van der Waals surface area contributed by atoms with Crippen molar-refractivity contribution in [3.05, 3.63) is 11.1 Å². The highest BCUT2D eigenvalue weighted by Gasteiger charge is 2.07.